The van der Waals surface area contributed by atoms with E-state index in [4.69, 9.17) is 23.7 Å². The van der Waals surface area contributed by atoms with Crippen molar-refractivity contribution in [2.45, 2.75) is 31.4 Å². The molecule has 50 heavy (non-hydrogen) atoms. The second kappa shape index (κ2) is 14.1. The maximum atomic E-state index is 15.4. The first kappa shape index (κ1) is 33.0. The first-order valence-corrected chi connectivity index (χ1v) is 16.1. The van der Waals surface area contributed by atoms with E-state index in [1.54, 1.807) is 37.7 Å². The number of carbonyl (C=O) groups is 1. The lowest BCUT2D eigenvalue weighted by atomic mass is 9.89. The second-order valence-electron chi connectivity index (χ2n) is 12.0. The molecule has 0 saturated heterocycles. The average molecular weight is 685 g/mol. The lowest BCUT2D eigenvalue weighted by Gasteiger charge is -2.34. The Balaban J connectivity index is 1.07. The molecule has 2 aromatic heterocycles. The maximum Gasteiger partial charge on any atom is 0.271 e. The largest absolute Gasteiger partial charge is 0.493 e. The van der Waals surface area contributed by atoms with Gasteiger partial charge in [0, 0.05) is 73.0 Å². The van der Waals surface area contributed by atoms with Crippen molar-refractivity contribution in [2.75, 3.05) is 39.3 Å². The molecule has 2 N–H and O–H groups in total. The first-order chi connectivity index (χ1) is 24.3. The van der Waals surface area contributed by atoms with Gasteiger partial charge in [0.15, 0.2) is 23.1 Å². The Labute approximate surface area is 285 Å². The summed E-state index contributed by atoms with van der Waals surface area (Å²) in [4.78, 5) is 31.4. The zero-order valence-corrected chi connectivity index (χ0v) is 27.3. The van der Waals surface area contributed by atoms with Crippen LogP contribution in [-0.4, -0.2) is 61.6 Å². The fraction of sp³-hybridized carbons (Fsp3) is 0.270. The van der Waals surface area contributed by atoms with Crippen LogP contribution in [0.25, 0.3) is 16.6 Å². The van der Waals surface area contributed by atoms with Crippen LogP contribution in [0, 0.1) is 11.6 Å². The highest BCUT2D eigenvalue weighted by Crippen LogP contribution is 2.38. The molecule has 0 radical (unpaired) electrons. The minimum atomic E-state index is -0.776. The van der Waals surface area contributed by atoms with E-state index in [0.717, 1.165) is 18.9 Å². The van der Waals surface area contributed by atoms with Crippen LogP contribution >= 0.6 is 0 Å². The topological polar surface area (TPSA) is 122 Å². The van der Waals surface area contributed by atoms with Crippen LogP contribution in [-0.2, 0) is 11.2 Å². The van der Waals surface area contributed by atoms with Crippen molar-refractivity contribution in [2.24, 2.45) is 0 Å². The molecule has 0 spiro atoms. The van der Waals surface area contributed by atoms with Gasteiger partial charge in [0.2, 0.25) is 0 Å². The van der Waals surface area contributed by atoms with Crippen molar-refractivity contribution in [3.63, 3.8) is 0 Å². The molecule has 1 aliphatic carbocycles. The van der Waals surface area contributed by atoms with E-state index in [-0.39, 0.29) is 22.7 Å². The van der Waals surface area contributed by atoms with Crippen molar-refractivity contribution in [1.82, 2.24) is 14.9 Å². The van der Waals surface area contributed by atoms with E-state index < -0.39 is 23.1 Å². The minimum absolute atomic E-state index is 0.0940. The molecule has 258 valence electrons. The van der Waals surface area contributed by atoms with E-state index >= 15 is 4.39 Å². The Morgan fingerprint density at radius 1 is 1.00 bits per heavy atom. The number of halogens is 2. The van der Waals surface area contributed by atoms with Gasteiger partial charge in [0.05, 0.1) is 25.3 Å². The van der Waals surface area contributed by atoms with Gasteiger partial charge < -0.3 is 34.3 Å². The normalized spacial score (nSPS) is 16.3. The summed E-state index contributed by atoms with van der Waals surface area (Å²) in [5.74, 6) is -0.615. The van der Waals surface area contributed by atoms with Crippen LogP contribution in [0.4, 0.5) is 14.5 Å². The maximum absolute atomic E-state index is 15.4. The number of ether oxygens (including phenoxy) is 5. The Bertz CT molecular complexity index is 2120. The number of rotatable bonds is 12. The number of hydrogen-bond donors (Lipinski definition) is 2. The van der Waals surface area contributed by atoms with Crippen LogP contribution < -0.4 is 35.1 Å². The van der Waals surface area contributed by atoms with Gasteiger partial charge in [-0.3, -0.25) is 19.1 Å². The Hall–Kier alpha value is -5.53. The molecule has 1 amide bonds. The van der Waals surface area contributed by atoms with Gasteiger partial charge in [-0.05, 0) is 61.4 Å². The number of aromatic nitrogens is 2. The zero-order chi connectivity index (χ0) is 34.8. The predicted molar refractivity (Wildman–Crippen MR) is 181 cm³/mol. The highest BCUT2D eigenvalue weighted by molar-refractivity contribution is 6.06. The number of anilines is 1. The van der Waals surface area contributed by atoms with E-state index in [1.165, 1.54) is 48.1 Å². The Morgan fingerprint density at radius 2 is 1.82 bits per heavy atom. The summed E-state index contributed by atoms with van der Waals surface area (Å²) in [6.07, 6.45) is 5.89. The number of pyridine rings is 2. The van der Waals surface area contributed by atoms with E-state index in [9.17, 15) is 14.0 Å². The van der Waals surface area contributed by atoms with Crippen LogP contribution in [0.15, 0.2) is 77.9 Å². The van der Waals surface area contributed by atoms with E-state index in [0.29, 0.717) is 77.7 Å². The molecular formula is C37H34F2N4O7. The molecule has 0 bridgehead atoms. The molecule has 0 atom stereocenters. The van der Waals surface area contributed by atoms with Crippen LogP contribution in [0.3, 0.4) is 0 Å². The highest BCUT2D eigenvalue weighted by atomic mass is 19.1. The zero-order valence-electron chi connectivity index (χ0n) is 27.3. The molecular weight excluding hydrogens is 650 g/mol. The summed E-state index contributed by atoms with van der Waals surface area (Å²) >= 11 is 0. The molecule has 5 aromatic rings. The molecule has 0 unspecified atom stereocenters. The quantitative estimate of drug-likeness (QED) is 0.157. The van der Waals surface area contributed by atoms with Crippen LogP contribution in [0.2, 0.25) is 0 Å². The van der Waals surface area contributed by atoms with Crippen molar-refractivity contribution in [3.8, 4) is 34.4 Å². The van der Waals surface area contributed by atoms with E-state index in [2.05, 4.69) is 15.6 Å². The minimum Gasteiger partial charge on any atom is -0.493 e. The van der Waals surface area contributed by atoms with Gasteiger partial charge in [0.25, 0.3) is 11.5 Å². The average Bonchev–Trinajstić information content (AvgIpc) is 3.56. The number of nitrogens with zero attached hydrogens (tertiary/aromatic N) is 2. The molecule has 2 aliphatic rings. The summed E-state index contributed by atoms with van der Waals surface area (Å²) in [6.45, 7) is 1.37. The first-order valence-electron chi connectivity index (χ1n) is 16.1. The van der Waals surface area contributed by atoms with Gasteiger partial charge in [-0.2, -0.15) is 0 Å². The molecule has 3 heterocycles. The number of hydrogen-bond acceptors (Lipinski definition) is 9. The van der Waals surface area contributed by atoms with Gasteiger partial charge in [0.1, 0.15) is 29.5 Å². The fourth-order valence-corrected chi connectivity index (χ4v) is 6.06. The number of methoxy groups -OCH3 is 2. The van der Waals surface area contributed by atoms with Gasteiger partial charge in [-0.15, -0.1) is 0 Å². The number of benzene rings is 3. The molecule has 3 aromatic carbocycles. The van der Waals surface area contributed by atoms with Gasteiger partial charge in [-0.25, -0.2) is 8.78 Å². The molecule has 11 nitrogen and oxygen atoms in total. The summed E-state index contributed by atoms with van der Waals surface area (Å²) in [5, 5.41) is 6.61. The molecule has 1 fully saturated rings. The van der Waals surface area contributed by atoms with Crippen LogP contribution in [0.5, 0.6) is 28.7 Å². The van der Waals surface area contributed by atoms with Gasteiger partial charge in [-0.1, -0.05) is 0 Å². The third kappa shape index (κ3) is 6.69. The number of amides is 1. The SMILES string of the molecule is COc1cc2c(Oc3ccc(NC(=O)c4c5c(cn(-c6ccc(F)cc6)c4=O)CCO5)cc3F)ccnc2cc1OCCNC1CC(OC)C1. The molecule has 13 heteroatoms. The van der Waals surface area contributed by atoms with Crippen LogP contribution in [0.1, 0.15) is 28.8 Å². The molecule has 7 rings (SSSR count). The van der Waals surface area contributed by atoms with Crippen molar-refractivity contribution >= 4 is 22.5 Å². The number of fused-ring (bicyclic) bond motifs is 2. The summed E-state index contributed by atoms with van der Waals surface area (Å²) in [6, 6.07) is 14.8. The summed E-state index contributed by atoms with van der Waals surface area (Å²) in [5.41, 5.74) is 0.791. The van der Waals surface area contributed by atoms with E-state index in [1.807, 2.05) is 0 Å². The third-order valence-electron chi connectivity index (χ3n) is 8.80. The lowest BCUT2D eigenvalue weighted by Crippen LogP contribution is -2.46. The summed E-state index contributed by atoms with van der Waals surface area (Å²) < 4.78 is 58.8. The Kier molecular flexibility index (Phi) is 9.33. The second-order valence-corrected chi connectivity index (χ2v) is 12.0. The van der Waals surface area contributed by atoms with Crippen molar-refractivity contribution < 1.29 is 37.3 Å². The number of carbonyl (C=O) groups excluding carboxylic acids is 1. The third-order valence-corrected chi connectivity index (χ3v) is 8.80. The highest BCUT2D eigenvalue weighted by Gasteiger charge is 2.29. The number of nitrogens with one attached hydrogen (secondary N) is 2. The Morgan fingerprint density at radius 3 is 2.58 bits per heavy atom. The van der Waals surface area contributed by atoms with Crippen molar-refractivity contribution in [3.05, 3.63) is 106 Å². The molecule has 1 saturated carbocycles. The smallest absolute Gasteiger partial charge is 0.271 e. The standard InChI is InChI=1S/C37H34F2N4O7/c1-46-26-15-24(16-26)40-12-14-48-33-19-29-27(18-32(33)47-2)30(9-11-41-29)50-31-8-5-23(17-28(31)39)42-36(44)34-35-21(10-13-49-35)20-43(37(34)45)25-6-3-22(38)4-7-25/h3-9,11,17-20,24,26,40H,10,12-16H2,1-2H3,(H,42,44). The summed E-state index contributed by atoms with van der Waals surface area (Å²) in [7, 11) is 3.25. The molecule has 1 aliphatic heterocycles. The predicted octanol–water partition coefficient (Wildman–Crippen LogP) is 5.80. The fourth-order valence-electron chi connectivity index (χ4n) is 6.06. The monoisotopic (exact) mass is 684 g/mol. The lowest BCUT2D eigenvalue weighted by molar-refractivity contribution is 0.0167. The van der Waals surface area contributed by atoms with Crippen molar-refractivity contribution in [1.29, 1.82) is 0 Å². The van der Waals surface area contributed by atoms with Gasteiger partial charge >= 0.3 is 0 Å².